The molecule has 0 aliphatic heterocycles. The number of benzene rings is 2. The highest BCUT2D eigenvalue weighted by atomic mass is 35.5. The Hall–Kier alpha value is -3.26. The molecule has 3 rings (SSSR count). The van der Waals surface area contributed by atoms with Crippen molar-refractivity contribution >= 4 is 23.2 Å². The molecule has 1 aromatic heterocycles. The van der Waals surface area contributed by atoms with E-state index in [0.29, 0.717) is 16.5 Å². The first kappa shape index (κ1) is 19.5. The van der Waals surface area contributed by atoms with E-state index in [-0.39, 0.29) is 5.91 Å². The molecule has 8 nitrogen and oxygen atoms in total. The van der Waals surface area contributed by atoms with Crippen molar-refractivity contribution in [2.75, 3.05) is 0 Å². The van der Waals surface area contributed by atoms with Crippen molar-refractivity contribution in [3.8, 4) is 11.4 Å². The molecule has 2 aromatic carbocycles. The van der Waals surface area contributed by atoms with Gasteiger partial charge in [-0.15, -0.1) is 5.10 Å². The number of nitrogens with zero attached hydrogens (tertiary/aromatic N) is 5. The first-order valence-electron chi connectivity index (χ1n) is 8.55. The van der Waals surface area contributed by atoms with E-state index >= 15 is 0 Å². The van der Waals surface area contributed by atoms with Crippen LogP contribution < -0.4 is 10.2 Å². The molecule has 0 aliphatic rings. The number of aryl methyl sites for hydroxylation is 1. The first-order chi connectivity index (χ1) is 13.4. The summed E-state index contributed by atoms with van der Waals surface area (Å²) in [6.07, 6.45) is 0.804. The third-order valence-electron chi connectivity index (χ3n) is 4.04. The average molecular weight is 399 g/mol. The summed E-state index contributed by atoms with van der Waals surface area (Å²) in [6, 6.07) is 12.7. The maximum atomic E-state index is 12.3. The number of halogens is 1. The summed E-state index contributed by atoms with van der Waals surface area (Å²) in [4.78, 5) is 12.3. The summed E-state index contributed by atoms with van der Waals surface area (Å²) >= 11 is 5.93. The fourth-order valence-electron chi connectivity index (χ4n) is 2.42. The number of carbonyl (C=O) groups is 1. The fraction of sp³-hybridized carbons (Fsp3) is 0.211. The molecular weight excluding hydrogens is 380 g/mol. The maximum Gasteiger partial charge on any atom is 0.280 e. The number of aromatic nitrogens is 4. The van der Waals surface area contributed by atoms with Crippen LogP contribution in [-0.2, 0) is 4.79 Å². The van der Waals surface area contributed by atoms with Gasteiger partial charge in [0.15, 0.2) is 6.10 Å². The van der Waals surface area contributed by atoms with Gasteiger partial charge < -0.3 is 4.74 Å². The van der Waals surface area contributed by atoms with Crippen LogP contribution in [-0.4, -0.2) is 37.9 Å². The second kappa shape index (κ2) is 8.62. The molecule has 1 atom stereocenters. The van der Waals surface area contributed by atoms with Crippen LogP contribution in [0.4, 0.5) is 0 Å². The molecule has 0 bridgehead atoms. The monoisotopic (exact) mass is 398 g/mol. The van der Waals surface area contributed by atoms with Crippen molar-refractivity contribution in [1.82, 2.24) is 25.6 Å². The lowest BCUT2D eigenvalue weighted by atomic mass is 10.1. The number of amides is 1. The van der Waals surface area contributed by atoms with Gasteiger partial charge in [0.05, 0.1) is 11.4 Å². The molecule has 1 amide bonds. The molecular formula is C19H19ClN6O2. The molecule has 0 saturated carbocycles. The van der Waals surface area contributed by atoms with Crippen LogP contribution in [0, 0.1) is 6.92 Å². The normalized spacial score (nSPS) is 12.5. The van der Waals surface area contributed by atoms with Crippen molar-refractivity contribution < 1.29 is 9.53 Å². The smallest absolute Gasteiger partial charge is 0.280 e. The van der Waals surface area contributed by atoms with E-state index in [9.17, 15) is 4.79 Å². The van der Waals surface area contributed by atoms with Gasteiger partial charge in [0.25, 0.3) is 5.91 Å². The van der Waals surface area contributed by atoms with Crippen molar-refractivity contribution in [3.63, 3.8) is 0 Å². The lowest BCUT2D eigenvalue weighted by Crippen LogP contribution is -2.34. The minimum Gasteiger partial charge on any atom is -0.481 e. The van der Waals surface area contributed by atoms with Crippen LogP contribution in [0.1, 0.15) is 25.0 Å². The number of tetrazole rings is 1. The SMILES string of the molecule is CC(=NNC(=O)C(C)Oc1ccc(Cl)cc1C)c1ccc(-n2cnnn2)cc1. The number of rotatable bonds is 6. The quantitative estimate of drug-likeness (QED) is 0.509. The topological polar surface area (TPSA) is 94.3 Å². The summed E-state index contributed by atoms with van der Waals surface area (Å²) in [5, 5.41) is 15.8. The van der Waals surface area contributed by atoms with Crippen molar-refractivity contribution in [2.24, 2.45) is 5.10 Å². The Morgan fingerprint density at radius 3 is 2.64 bits per heavy atom. The van der Waals surface area contributed by atoms with E-state index in [4.69, 9.17) is 16.3 Å². The van der Waals surface area contributed by atoms with Crippen LogP contribution in [0.3, 0.4) is 0 Å². The average Bonchev–Trinajstić information content (AvgIpc) is 3.23. The van der Waals surface area contributed by atoms with Gasteiger partial charge in [-0.05, 0) is 72.7 Å². The molecule has 1 N–H and O–H groups in total. The van der Waals surface area contributed by atoms with E-state index < -0.39 is 6.10 Å². The highest BCUT2D eigenvalue weighted by Crippen LogP contribution is 2.22. The van der Waals surface area contributed by atoms with Crippen LogP contribution >= 0.6 is 11.6 Å². The molecule has 144 valence electrons. The van der Waals surface area contributed by atoms with Crippen LogP contribution in [0.15, 0.2) is 53.9 Å². The number of hydrogen-bond donors (Lipinski definition) is 1. The minimum atomic E-state index is -0.710. The molecule has 3 aromatic rings. The van der Waals surface area contributed by atoms with E-state index in [1.807, 2.05) is 31.2 Å². The summed E-state index contributed by atoms with van der Waals surface area (Å²) in [5.41, 5.74) is 5.73. The Morgan fingerprint density at radius 1 is 1.25 bits per heavy atom. The summed E-state index contributed by atoms with van der Waals surface area (Å²) < 4.78 is 7.25. The Balaban J connectivity index is 1.61. The second-order valence-corrected chi connectivity index (χ2v) is 6.58. The highest BCUT2D eigenvalue weighted by molar-refractivity contribution is 6.30. The molecule has 1 unspecified atom stereocenters. The van der Waals surface area contributed by atoms with Gasteiger partial charge in [-0.1, -0.05) is 23.7 Å². The Bertz CT molecular complexity index is 986. The van der Waals surface area contributed by atoms with Gasteiger partial charge in [0.2, 0.25) is 0 Å². The van der Waals surface area contributed by atoms with Gasteiger partial charge in [-0.3, -0.25) is 4.79 Å². The molecule has 9 heteroatoms. The predicted octanol–water partition coefficient (Wildman–Crippen LogP) is 2.93. The molecule has 0 radical (unpaired) electrons. The molecule has 0 saturated heterocycles. The predicted molar refractivity (Wildman–Crippen MR) is 106 cm³/mol. The van der Waals surface area contributed by atoms with E-state index in [2.05, 4.69) is 26.1 Å². The zero-order valence-electron chi connectivity index (χ0n) is 15.6. The van der Waals surface area contributed by atoms with Gasteiger partial charge in [-0.2, -0.15) is 5.10 Å². The van der Waals surface area contributed by atoms with Gasteiger partial charge in [0, 0.05) is 5.02 Å². The lowest BCUT2D eigenvalue weighted by molar-refractivity contribution is -0.127. The molecule has 28 heavy (non-hydrogen) atoms. The Morgan fingerprint density at radius 2 is 2.00 bits per heavy atom. The van der Waals surface area contributed by atoms with Crippen LogP contribution in [0.25, 0.3) is 5.69 Å². The van der Waals surface area contributed by atoms with Gasteiger partial charge in [-0.25, -0.2) is 10.1 Å². The highest BCUT2D eigenvalue weighted by Gasteiger charge is 2.15. The van der Waals surface area contributed by atoms with Crippen molar-refractivity contribution in [1.29, 1.82) is 0 Å². The molecule has 0 spiro atoms. The zero-order valence-corrected chi connectivity index (χ0v) is 16.4. The second-order valence-electron chi connectivity index (χ2n) is 6.14. The number of carbonyl (C=O) groups excluding carboxylic acids is 1. The maximum absolute atomic E-state index is 12.3. The minimum absolute atomic E-state index is 0.348. The standard InChI is InChI=1S/C19H19ClN6O2/c1-12-10-16(20)6-9-18(12)28-14(3)19(27)23-22-13(2)15-4-7-17(8-5-15)26-11-21-24-25-26/h4-11,14H,1-3H3,(H,23,27). The first-order valence-corrected chi connectivity index (χ1v) is 8.92. The Labute approximate surface area is 167 Å². The summed E-state index contributed by atoms with van der Waals surface area (Å²) in [5.74, 6) is 0.255. The van der Waals surface area contributed by atoms with Crippen molar-refractivity contribution in [2.45, 2.75) is 26.9 Å². The van der Waals surface area contributed by atoms with Gasteiger partial charge in [0.1, 0.15) is 12.1 Å². The van der Waals surface area contributed by atoms with Crippen LogP contribution in [0.5, 0.6) is 5.75 Å². The van der Waals surface area contributed by atoms with E-state index in [1.165, 1.54) is 6.33 Å². The van der Waals surface area contributed by atoms with Crippen molar-refractivity contribution in [3.05, 3.63) is 64.9 Å². The molecule has 0 fully saturated rings. The fourth-order valence-corrected chi connectivity index (χ4v) is 2.65. The largest absolute Gasteiger partial charge is 0.481 e. The third kappa shape index (κ3) is 4.72. The van der Waals surface area contributed by atoms with E-state index in [1.54, 1.807) is 36.7 Å². The lowest BCUT2D eigenvalue weighted by Gasteiger charge is -2.15. The number of hydrazone groups is 1. The summed E-state index contributed by atoms with van der Waals surface area (Å²) in [7, 11) is 0. The number of ether oxygens (including phenoxy) is 1. The number of nitrogens with one attached hydrogen (secondary N) is 1. The number of hydrogen-bond acceptors (Lipinski definition) is 6. The Kier molecular flexibility index (Phi) is 6.00. The molecule has 1 heterocycles. The van der Waals surface area contributed by atoms with E-state index in [0.717, 1.165) is 16.8 Å². The molecule has 0 aliphatic carbocycles. The summed E-state index contributed by atoms with van der Waals surface area (Å²) in [6.45, 7) is 5.34. The van der Waals surface area contributed by atoms with Gasteiger partial charge >= 0.3 is 0 Å². The zero-order chi connectivity index (χ0) is 20.1. The third-order valence-corrected chi connectivity index (χ3v) is 4.28. The van der Waals surface area contributed by atoms with Crippen LogP contribution in [0.2, 0.25) is 5.02 Å².